The largest absolute Gasteiger partial charge is 0.481 e. The zero-order valence-electron chi connectivity index (χ0n) is 8.99. The normalized spacial score (nSPS) is 24.1. The van der Waals surface area contributed by atoms with Gasteiger partial charge in [-0.05, 0) is 5.92 Å². The van der Waals surface area contributed by atoms with Gasteiger partial charge in [0.2, 0.25) is 0 Å². The van der Waals surface area contributed by atoms with Gasteiger partial charge in [-0.25, -0.2) is 0 Å². The van der Waals surface area contributed by atoms with Crippen molar-refractivity contribution in [3.63, 3.8) is 0 Å². The first-order valence-electron chi connectivity index (χ1n) is 5.26. The second-order valence-electron chi connectivity index (χ2n) is 4.34. The van der Waals surface area contributed by atoms with E-state index >= 15 is 0 Å². The third kappa shape index (κ3) is 3.64. The molecule has 1 fully saturated rings. The Bertz CT molecular complexity index is 195. The molecule has 4 nitrogen and oxygen atoms in total. The quantitative estimate of drug-likeness (QED) is 0.689. The molecule has 0 aromatic carbocycles. The van der Waals surface area contributed by atoms with Crippen molar-refractivity contribution in [1.82, 2.24) is 10.2 Å². The lowest BCUT2D eigenvalue weighted by Crippen LogP contribution is -2.52. The van der Waals surface area contributed by atoms with Crippen LogP contribution in [0.15, 0.2) is 0 Å². The van der Waals surface area contributed by atoms with Gasteiger partial charge < -0.3 is 10.4 Å². The minimum Gasteiger partial charge on any atom is -0.481 e. The Balaban J connectivity index is 2.45. The molecule has 0 saturated carbocycles. The molecule has 1 rings (SSSR count). The zero-order valence-corrected chi connectivity index (χ0v) is 8.99. The molecule has 0 aromatic rings. The van der Waals surface area contributed by atoms with E-state index < -0.39 is 5.97 Å². The van der Waals surface area contributed by atoms with Crippen LogP contribution in [0.1, 0.15) is 20.3 Å². The fourth-order valence-corrected chi connectivity index (χ4v) is 1.92. The number of nitrogens with zero attached hydrogens (tertiary/aromatic N) is 1. The number of rotatable bonds is 4. The molecule has 0 radical (unpaired) electrons. The van der Waals surface area contributed by atoms with E-state index in [1.807, 2.05) is 0 Å². The lowest BCUT2D eigenvalue weighted by atomic mass is 10.1. The minimum atomic E-state index is -0.701. The molecule has 0 aliphatic carbocycles. The fraction of sp³-hybridized carbons (Fsp3) is 0.900. The third-order valence-electron chi connectivity index (χ3n) is 2.48. The number of hydrogen-bond donors (Lipinski definition) is 2. The maximum atomic E-state index is 10.6. The average molecular weight is 200 g/mol. The van der Waals surface area contributed by atoms with Crippen LogP contribution in [-0.4, -0.2) is 48.2 Å². The molecule has 82 valence electrons. The van der Waals surface area contributed by atoms with E-state index in [-0.39, 0.29) is 12.5 Å². The fourth-order valence-electron chi connectivity index (χ4n) is 1.92. The number of carbonyl (C=O) groups is 1. The monoisotopic (exact) mass is 200 g/mol. The highest BCUT2D eigenvalue weighted by atomic mass is 16.4. The SMILES string of the molecule is CC(C)CN1CCNCC1CC(=O)O. The van der Waals surface area contributed by atoms with Crippen molar-refractivity contribution in [1.29, 1.82) is 0 Å². The van der Waals surface area contributed by atoms with E-state index in [9.17, 15) is 4.79 Å². The summed E-state index contributed by atoms with van der Waals surface area (Å²) in [5, 5.41) is 12.0. The first-order valence-corrected chi connectivity index (χ1v) is 5.26. The van der Waals surface area contributed by atoms with Gasteiger partial charge in [0.15, 0.2) is 0 Å². The van der Waals surface area contributed by atoms with Crippen LogP contribution >= 0.6 is 0 Å². The maximum Gasteiger partial charge on any atom is 0.304 e. The molecule has 0 aromatic heterocycles. The van der Waals surface area contributed by atoms with Crippen molar-refractivity contribution in [2.75, 3.05) is 26.2 Å². The number of aliphatic carboxylic acids is 1. The van der Waals surface area contributed by atoms with Crippen molar-refractivity contribution in [2.45, 2.75) is 26.3 Å². The summed E-state index contributed by atoms with van der Waals surface area (Å²) in [6.45, 7) is 8.08. The smallest absolute Gasteiger partial charge is 0.304 e. The van der Waals surface area contributed by atoms with Gasteiger partial charge >= 0.3 is 5.97 Å². The predicted molar refractivity (Wildman–Crippen MR) is 55.3 cm³/mol. The molecule has 1 unspecified atom stereocenters. The lowest BCUT2D eigenvalue weighted by molar-refractivity contribution is -0.138. The standard InChI is InChI=1S/C10H20N2O2/c1-8(2)7-12-4-3-11-6-9(12)5-10(13)14/h8-9,11H,3-7H2,1-2H3,(H,13,14). The summed E-state index contributed by atoms with van der Waals surface area (Å²) >= 11 is 0. The van der Waals surface area contributed by atoms with Crippen molar-refractivity contribution in [3.05, 3.63) is 0 Å². The number of carboxylic acids is 1. The van der Waals surface area contributed by atoms with Gasteiger partial charge in [0.1, 0.15) is 0 Å². The van der Waals surface area contributed by atoms with Gasteiger partial charge in [0.25, 0.3) is 0 Å². The topological polar surface area (TPSA) is 52.6 Å². The molecule has 14 heavy (non-hydrogen) atoms. The van der Waals surface area contributed by atoms with E-state index in [0.29, 0.717) is 5.92 Å². The van der Waals surface area contributed by atoms with Crippen LogP contribution in [0.25, 0.3) is 0 Å². The van der Waals surface area contributed by atoms with Crippen LogP contribution in [0, 0.1) is 5.92 Å². The second kappa shape index (κ2) is 5.32. The van der Waals surface area contributed by atoms with Crippen LogP contribution in [0.2, 0.25) is 0 Å². The molecular weight excluding hydrogens is 180 g/mol. The number of nitrogens with one attached hydrogen (secondary N) is 1. The Kier molecular flexibility index (Phi) is 4.35. The Morgan fingerprint density at radius 2 is 2.36 bits per heavy atom. The van der Waals surface area contributed by atoms with Gasteiger partial charge in [0, 0.05) is 32.2 Å². The molecule has 1 heterocycles. The number of hydrogen-bond acceptors (Lipinski definition) is 3. The third-order valence-corrected chi connectivity index (χ3v) is 2.48. The van der Waals surface area contributed by atoms with Gasteiger partial charge in [-0.2, -0.15) is 0 Å². The zero-order chi connectivity index (χ0) is 10.6. The highest BCUT2D eigenvalue weighted by Gasteiger charge is 2.24. The minimum absolute atomic E-state index is 0.170. The summed E-state index contributed by atoms with van der Waals surface area (Å²) in [6, 6.07) is 0.170. The van der Waals surface area contributed by atoms with Crippen LogP contribution < -0.4 is 5.32 Å². The molecule has 4 heteroatoms. The predicted octanol–water partition coefficient (Wildman–Crippen LogP) is 0.391. The molecule has 1 aliphatic heterocycles. The number of piperazine rings is 1. The molecule has 1 atom stereocenters. The van der Waals surface area contributed by atoms with Crippen LogP contribution in [0.5, 0.6) is 0 Å². The Hall–Kier alpha value is -0.610. The van der Waals surface area contributed by atoms with E-state index in [2.05, 4.69) is 24.1 Å². The molecule has 1 aliphatic rings. The Labute approximate surface area is 85.3 Å². The average Bonchev–Trinajstić information content (AvgIpc) is 2.06. The molecule has 0 amide bonds. The lowest BCUT2D eigenvalue weighted by Gasteiger charge is -2.36. The molecule has 2 N–H and O–H groups in total. The van der Waals surface area contributed by atoms with Crippen molar-refractivity contribution >= 4 is 5.97 Å². The summed E-state index contributed by atoms with van der Waals surface area (Å²) in [5.74, 6) is -0.100. The maximum absolute atomic E-state index is 10.6. The molecule has 0 bridgehead atoms. The van der Waals surface area contributed by atoms with Gasteiger partial charge in [-0.15, -0.1) is 0 Å². The van der Waals surface area contributed by atoms with Crippen LogP contribution in [0.3, 0.4) is 0 Å². The first kappa shape index (κ1) is 11.5. The van der Waals surface area contributed by atoms with Gasteiger partial charge in [-0.1, -0.05) is 13.8 Å². The van der Waals surface area contributed by atoms with E-state index in [1.165, 1.54) is 0 Å². The first-order chi connectivity index (χ1) is 6.59. The van der Waals surface area contributed by atoms with E-state index in [4.69, 9.17) is 5.11 Å². The summed E-state index contributed by atoms with van der Waals surface area (Å²) < 4.78 is 0. The van der Waals surface area contributed by atoms with E-state index in [1.54, 1.807) is 0 Å². The summed E-state index contributed by atoms with van der Waals surface area (Å²) in [4.78, 5) is 12.9. The summed E-state index contributed by atoms with van der Waals surface area (Å²) in [7, 11) is 0. The van der Waals surface area contributed by atoms with Gasteiger partial charge in [0.05, 0.1) is 6.42 Å². The summed E-state index contributed by atoms with van der Waals surface area (Å²) in [6.07, 6.45) is 0.250. The van der Waals surface area contributed by atoms with Gasteiger partial charge in [-0.3, -0.25) is 9.69 Å². The van der Waals surface area contributed by atoms with Crippen LogP contribution in [0.4, 0.5) is 0 Å². The van der Waals surface area contributed by atoms with Crippen molar-refractivity contribution in [3.8, 4) is 0 Å². The molecular formula is C10H20N2O2. The Morgan fingerprint density at radius 1 is 1.64 bits per heavy atom. The summed E-state index contributed by atoms with van der Waals surface area (Å²) in [5.41, 5.74) is 0. The highest BCUT2D eigenvalue weighted by molar-refractivity contribution is 5.67. The molecule has 0 spiro atoms. The van der Waals surface area contributed by atoms with Crippen molar-refractivity contribution < 1.29 is 9.90 Å². The van der Waals surface area contributed by atoms with E-state index in [0.717, 1.165) is 26.2 Å². The second-order valence-corrected chi connectivity index (χ2v) is 4.34. The Morgan fingerprint density at radius 3 is 2.93 bits per heavy atom. The molecule has 1 saturated heterocycles. The number of carboxylic acid groups (broad SMARTS) is 1. The highest BCUT2D eigenvalue weighted by Crippen LogP contribution is 2.10. The van der Waals surface area contributed by atoms with Crippen molar-refractivity contribution in [2.24, 2.45) is 5.92 Å². The van der Waals surface area contributed by atoms with Crippen LogP contribution in [-0.2, 0) is 4.79 Å².